The van der Waals surface area contributed by atoms with Gasteiger partial charge >= 0.3 is 0 Å². The number of nitro benzene ring substituents is 1. The van der Waals surface area contributed by atoms with Gasteiger partial charge in [0, 0.05) is 18.2 Å². The largest absolute Gasteiger partial charge is 0.312 e. The van der Waals surface area contributed by atoms with Gasteiger partial charge in [-0.2, -0.15) is 5.26 Å². The number of nitrogens with one attached hydrogen (secondary N) is 1. The molecule has 0 aromatic heterocycles. The molecule has 2 unspecified atom stereocenters. The Labute approximate surface area is 118 Å². The summed E-state index contributed by atoms with van der Waals surface area (Å²) in [6.45, 7) is 0.806. The molecule has 0 spiro atoms. The van der Waals surface area contributed by atoms with E-state index in [0.29, 0.717) is 6.04 Å². The highest BCUT2D eigenvalue weighted by Crippen LogP contribution is 2.23. The van der Waals surface area contributed by atoms with Crippen molar-refractivity contribution in [2.24, 2.45) is 5.92 Å². The fourth-order valence-corrected chi connectivity index (χ4v) is 2.72. The minimum atomic E-state index is -0.387. The summed E-state index contributed by atoms with van der Waals surface area (Å²) >= 11 is 0. The number of hydrogen-bond acceptors (Lipinski definition) is 4. The number of nitriles is 1. The molecule has 0 radical (unpaired) electrons. The molecule has 2 rings (SSSR count). The predicted octanol–water partition coefficient (Wildman–Crippen LogP) is 2.81. The van der Waals surface area contributed by atoms with Crippen LogP contribution in [0.2, 0.25) is 0 Å². The molecule has 1 aliphatic carbocycles. The summed E-state index contributed by atoms with van der Waals surface area (Å²) in [5, 5.41) is 23.1. The summed E-state index contributed by atoms with van der Waals surface area (Å²) in [5.74, 6) is 0.126. The lowest BCUT2D eigenvalue weighted by Gasteiger charge is -2.27. The third-order valence-corrected chi connectivity index (χ3v) is 3.90. The highest BCUT2D eigenvalue weighted by atomic mass is 16.6. The zero-order chi connectivity index (χ0) is 14.4. The average molecular weight is 273 g/mol. The minimum absolute atomic E-state index is 0.124. The molecule has 1 aromatic carbocycles. The van der Waals surface area contributed by atoms with Crippen LogP contribution in [0.1, 0.15) is 31.2 Å². The molecule has 5 nitrogen and oxygen atoms in total. The normalized spacial score (nSPS) is 22.1. The van der Waals surface area contributed by atoms with E-state index in [1.807, 2.05) is 0 Å². The van der Waals surface area contributed by atoms with Gasteiger partial charge in [-0.25, -0.2) is 0 Å². The van der Waals surface area contributed by atoms with Gasteiger partial charge < -0.3 is 5.32 Å². The Kier molecular flexibility index (Phi) is 5.08. The van der Waals surface area contributed by atoms with E-state index >= 15 is 0 Å². The van der Waals surface area contributed by atoms with Crippen molar-refractivity contribution in [2.45, 2.75) is 38.1 Å². The van der Waals surface area contributed by atoms with E-state index in [1.165, 1.54) is 18.6 Å². The van der Waals surface area contributed by atoms with Crippen molar-refractivity contribution in [3.63, 3.8) is 0 Å². The highest BCUT2D eigenvalue weighted by molar-refractivity contribution is 5.32. The van der Waals surface area contributed by atoms with Gasteiger partial charge in [-0.05, 0) is 31.4 Å². The fraction of sp³-hybridized carbons (Fsp3) is 0.533. The van der Waals surface area contributed by atoms with Crippen LogP contribution in [0.3, 0.4) is 0 Å². The van der Waals surface area contributed by atoms with Gasteiger partial charge in [-0.1, -0.05) is 25.0 Å². The van der Waals surface area contributed by atoms with E-state index in [0.717, 1.165) is 37.8 Å². The van der Waals surface area contributed by atoms with E-state index in [2.05, 4.69) is 11.4 Å². The lowest BCUT2D eigenvalue weighted by molar-refractivity contribution is -0.384. The SMILES string of the molecule is N#CC1CCCCC1NCCc1ccc([N+](=O)[O-])cc1. The van der Waals surface area contributed by atoms with Crippen molar-refractivity contribution in [3.05, 3.63) is 39.9 Å². The second kappa shape index (κ2) is 7.01. The molecular weight excluding hydrogens is 254 g/mol. The Balaban J connectivity index is 1.80. The van der Waals surface area contributed by atoms with Crippen LogP contribution in [-0.4, -0.2) is 17.5 Å². The third-order valence-electron chi connectivity index (χ3n) is 3.90. The van der Waals surface area contributed by atoms with Crippen molar-refractivity contribution < 1.29 is 4.92 Å². The number of benzene rings is 1. The molecule has 1 fully saturated rings. The average Bonchev–Trinajstić information content (AvgIpc) is 2.48. The van der Waals surface area contributed by atoms with Crippen LogP contribution >= 0.6 is 0 Å². The Morgan fingerprint density at radius 2 is 2.00 bits per heavy atom. The summed E-state index contributed by atoms with van der Waals surface area (Å²) in [6, 6.07) is 9.34. The van der Waals surface area contributed by atoms with Gasteiger partial charge in [-0.15, -0.1) is 0 Å². The summed E-state index contributed by atoms with van der Waals surface area (Å²) < 4.78 is 0. The third kappa shape index (κ3) is 3.78. The number of nitro groups is 1. The van der Waals surface area contributed by atoms with E-state index < -0.39 is 0 Å². The first kappa shape index (κ1) is 14.5. The molecule has 106 valence electrons. The zero-order valence-electron chi connectivity index (χ0n) is 11.4. The molecule has 0 aliphatic heterocycles. The molecule has 5 heteroatoms. The Hall–Kier alpha value is -1.93. The molecule has 0 saturated heterocycles. The van der Waals surface area contributed by atoms with Crippen molar-refractivity contribution in [3.8, 4) is 6.07 Å². The monoisotopic (exact) mass is 273 g/mol. The molecular formula is C15H19N3O2. The summed E-state index contributed by atoms with van der Waals surface area (Å²) in [4.78, 5) is 10.2. The number of nitrogens with zero attached hydrogens (tertiary/aromatic N) is 2. The lowest BCUT2D eigenvalue weighted by atomic mass is 9.85. The van der Waals surface area contributed by atoms with Gasteiger partial charge in [0.25, 0.3) is 5.69 Å². The van der Waals surface area contributed by atoms with Gasteiger partial charge in [0.1, 0.15) is 0 Å². The molecule has 1 N–H and O–H groups in total. The van der Waals surface area contributed by atoms with E-state index in [4.69, 9.17) is 5.26 Å². The molecule has 0 bridgehead atoms. The highest BCUT2D eigenvalue weighted by Gasteiger charge is 2.23. The molecule has 1 aromatic rings. The van der Waals surface area contributed by atoms with Gasteiger partial charge in [0.05, 0.1) is 16.9 Å². The van der Waals surface area contributed by atoms with Crippen LogP contribution in [-0.2, 0) is 6.42 Å². The molecule has 0 heterocycles. The topological polar surface area (TPSA) is 79.0 Å². The molecule has 20 heavy (non-hydrogen) atoms. The fourth-order valence-electron chi connectivity index (χ4n) is 2.72. The standard InChI is InChI=1S/C15H19N3O2/c16-11-13-3-1-2-4-15(13)17-10-9-12-5-7-14(8-6-12)18(19)20/h5-8,13,15,17H,1-4,9-10H2. The van der Waals surface area contributed by atoms with Crippen molar-refractivity contribution in [1.82, 2.24) is 5.32 Å². The van der Waals surface area contributed by atoms with Crippen LogP contribution in [0, 0.1) is 27.4 Å². The van der Waals surface area contributed by atoms with E-state index in [1.54, 1.807) is 12.1 Å². The summed E-state index contributed by atoms with van der Waals surface area (Å²) in [5.41, 5.74) is 1.20. The summed E-state index contributed by atoms with van der Waals surface area (Å²) in [7, 11) is 0. The van der Waals surface area contributed by atoms with Crippen molar-refractivity contribution in [1.29, 1.82) is 5.26 Å². The first-order valence-electron chi connectivity index (χ1n) is 7.07. The number of non-ortho nitro benzene ring substituents is 1. The first-order valence-corrected chi connectivity index (χ1v) is 7.07. The quantitative estimate of drug-likeness (QED) is 0.661. The second-order valence-electron chi connectivity index (χ2n) is 5.25. The van der Waals surface area contributed by atoms with Gasteiger partial charge in [0.15, 0.2) is 0 Å². The van der Waals surface area contributed by atoms with Crippen LogP contribution in [0.25, 0.3) is 0 Å². The minimum Gasteiger partial charge on any atom is -0.312 e. The van der Waals surface area contributed by atoms with Crippen molar-refractivity contribution in [2.75, 3.05) is 6.54 Å². The molecule has 1 saturated carbocycles. The Morgan fingerprint density at radius 3 is 2.65 bits per heavy atom. The maximum absolute atomic E-state index is 10.6. The van der Waals surface area contributed by atoms with Crippen molar-refractivity contribution >= 4 is 5.69 Å². The zero-order valence-corrected chi connectivity index (χ0v) is 11.4. The number of hydrogen-bond donors (Lipinski definition) is 1. The second-order valence-corrected chi connectivity index (χ2v) is 5.25. The van der Waals surface area contributed by atoms with Gasteiger partial charge in [0.2, 0.25) is 0 Å². The molecule has 0 amide bonds. The lowest BCUT2D eigenvalue weighted by Crippen LogP contribution is -2.38. The maximum atomic E-state index is 10.6. The summed E-state index contributed by atoms with van der Waals surface area (Å²) in [6.07, 6.45) is 5.23. The van der Waals surface area contributed by atoms with Crippen LogP contribution < -0.4 is 5.32 Å². The predicted molar refractivity (Wildman–Crippen MR) is 76.2 cm³/mol. The van der Waals surface area contributed by atoms with Crippen LogP contribution in [0.15, 0.2) is 24.3 Å². The van der Waals surface area contributed by atoms with Crippen LogP contribution in [0.4, 0.5) is 5.69 Å². The van der Waals surface area contributed by atoms with Crippen LogP contribution in [0.5, 0.6) is 0 Å². The molecule has 2 atom stereocenters. The molecule has 1 aliphatic rings. The maximum Gasteiger partial charge on any atom is 0.269 e. The Morgan fingerprint density at radius 1 is 1.30 bits per heavy atom. The number of rotatable bonds is 5. The smallest absolute Gasteiger partial charge is 0.269 e. The van der Waals surface area contributed by atoms with E-state index in [-0.39, 0.29) is 16.5 Å². The first-order chi connectivity index (χ1) is 9.70. The van der Waals surface area contributed by atoms with E-state index in [9.17, 15) is 10.1 Å². The Bertz CT molecular complexity index is 493. The van der Waals surface area contributed by atoms with Gasteiger partial charge in [-0.3, -0.25) is 10.1 Å².